The van der Waals surface area contributed by atoms with Crippen molar-refractivity contribution in [1.29, 1.82) is 0 Å². The summed E-state index contributed by atoms with van der Waals surface area (Å²) in [6.45, 7) is 3.54. The average molecular weight is 426 g/mol. The standard InChI is InChI=1S/C28H40FNO/c1-2-3-4-5-6-7-8-9-10-11-12-13-21-30-23-25-17-19-28(20-18-25)31-24-26-15-14-16-27(29)22-26/h14-20,22-23H,2-13,21,24H2,1H3. The summed E-state index contributed by atoms with van der Waals surface area (Å²) in [6, 6.07) is 14.4. The third-order valence-corrected chi connectivity index (χ3v) is 5.56. The average Bonchev–Trinajstić information content (AvgIpc) is 2.79. The molecule has 2 aromatic rings. The number of aliphatic imine (C=N–C) groups is 1. The molecular weight excluding hydrogens is 385 g/mol. The summed E-state index contributed by atoms with van der Waals surface area (Å²) in [6.07, 6.45) is 18.3. The van der Waals surface area contributed by atoms with Gasteiger partial charge in [0, 0.05) is 12.8 Å². The molecule has 0 fully saturated rings. The van der Waals surface area contributed by atoms with Crippen LogP contribution in [0, 0.1) is 5.82 Å². The van der Waals surface area contributed by atoms with Gasteiger partial charge in [0.25, 0.3) is 0 Å². The molecule has 2 rings (SSSR count). The predicted molar refractivity (Wildman–Crippen MR) is 131 cm³/mol. The summed E-state index contributed by atoms with van der Waals surface area (Å²) in [5.41, 5.74) is 1.91. The number of nitrogens with zero attached hydrogens (tertiary/aromatic N) is 1. The summed E-state index contributed by atoms with van der Waals surface area (Å²) in [4.78, 5) is 4.55. The van der Waals surface area contributed by atoms with Gasteiger partial charge in [-0.3, -0.25) is 4.99 Å². The van der Waals surface area contributed by atoms with E-state index in [0.717, 1.165) is 23.4 Å². The lowest BCUT2D eigenvalue weighted by molar-refractivity contribution is 0.305. The van der Waals surface area contributed by atoms with Crippen molar-refractivity contribution >= 4 is 6.21 Å². The largest absolute Gasteiger partial charge is 0.489 e. The van der Waals surface area contributed by atoms with E-state index in [9.17, 15) is 4.39 Å². The lowest BCUT2D eigenvalue weighted by atomic mass is 10.1. The Morgan fingerprint density at radius 1 is 0.774 bits per heavy atom. The van der Waals surface area contributed by atoms with Gasteiger partial charge in [0.1, 0.15) is 18.2 Å². The minimum absolute atomic E-state index is 0.235. The highest BCUT2D eigenvalue weighted by atomic mass is 19.1. The van der Waals surface area contributed by atoms with Gasteiger partial charge >= 0.3 is 0 Å². The van der Waals surface area contributed by atoms with Crippen LogP contribution in [-0.2, 0) is 6.61 Å². The van der Waals surface area contributed by atoms with E-state index in [1.807, 2.05) is 36.5 Å². The van der Waals surface area contributed by atoms with Crippen LogP contribution >= 0.6 is 0 Å². The fourth-order valence-corrected chi connectivity index (χ4v) is 3.66. The van der Waals surface area contributed by atoms with Crippen molar-refractivity contribution < 1.29 is 9.13 Å². The number of hydrogen-bond acceptors (Lipinski definition) is 2. The number of hydrogen-bond donors (Lipinski definition) is 0. The van der Waals surface area contributed by atoms with Gasteiger partial charge in [-0.15, -0.1) is 0 Å². The molecular formula is C28H40FNO. The van der Waals surface area contributed by atoms with E-state index >= 15 is 0 Å². The topological polar surface area (TPSA) is 21.6 Å². The molecule has 0 aliphatic carbocycles. The molecule has 2 nitrogen and oxygen atoms in total. The second-order valence-electron chi connectivity index (χ2n) is 8.41. The zero-order valence-corrected chi connectivity index (χ0v) is 19.3. The molecule has 0 aliphatic rings. The summed E-state index contributed by atoms with van der Waals surface area (Å²) >= 11 is 0. The van der Waals surface area contributed by atoms with Crippen molar-refractivity contribution in [2.24, 2.45) is 4.99 Å². The van der Waals surface area contributed by atoms with Gasteiger partial charge in [-0.1, -0.05) is 89.7 Å². The first-order chi connectivity index (χ1) is 15.3. The number of halogens is 1. The molecule has 3 heteroatoms. The number of rotatable bonds is 17. The molecule has 2 aromatic carbocycles. The Kier molecular flexibility index (Phi) is 13.4. The van der Waals surface area contributed by atoms with E-state index in [4.69, 9.17) is 4.74 Å². The van der Waals surface area contributed by atoms with Gasteiger partial charge < -0.3 is 4.74 Å². The zero-order valence-electron chi connectivity index (χ0n) is 19.3. The van der Waals surface area contributed by atoms with Crippen molar-refractivity contribution in [2.45, 2.75) is 90.6 Å². The van der Waals surface area contributed by atoms with Crippen molar-refractivity contribution in [2.75, 3.05) is 6.54 Å². The van der Waals surface area contributed by atoms with Crippen LogP contribution in [0.5, 0.6) is 5.75 Å². The zero-order chi connectivity index (χ0) is 22.0. The summed E-state index contributed by atoms with van der Waals surface area (Å²) in [5.74, 6) is 0.545. The summed E-state index contributed by atoms with van der Waals surface area (Å²) in [5, 5.41) is 0. The Hall–Kier alpha value is -2.16. The van der Waals surface area contributed by atoms with Crippen molar-refractivity contribution in [3.63, 3.8) is 0 Å². The van der Waals surface area contributed by atoms with Crippen LogP contribution in [0.2, 0.25) is 0 Å². The van der Waals surface area contributed by atoms with E-state index in [1.54, 1.807) is 6.07 Å². The molecule has 0 amide bonds. The Labute approximate surface area is 189 Å². The predicted octanol–water partition coefficient (Wildman–Crippen LogP) is 8.52. The van der Waals surface area contributed by atoms with Crippen LogP contribution in [0.25, 0.3) is 0 Å². The molecule has 170 valence electrons. The molecule has 0 heterocycles. The van der Waals surface area contributed by atoms with E-state index in [2.05, 4.69) is 11.9 Å². The smallest absolute Gasteiger partial charge is 0.123 e. The highest BCUT2D eigenvalue weighted by molar-refractivity contribution is 5.79. The van der Waals surface area contributed by atoms with Crippen LogP contribution < -0.4 is 4.74 Å². The maximum atomic E-state index is 13.2. The first-order valence-corrected chi connectivity index (χ1v) is 12.2. The van der Waals surface area contributed by atoms with Crippen LogP contribution in [0.3, 0.4) is 0 Å². The van der Waals surface area contributed by atoms with Gasteiger partial charge in [-0.25, -0.2) is 4.39 Å². The van der Waals surface area contributed by atoms with E-state index < -0.39 is 0 Å². The van der Waals surface area contributed by atoms with Crippen molar-refractivity contribution in [3.05, 3.63) is 65.5 Å². The monoisotopic (exact) mass is 425 g/mol. The Morgan fingerprint density at radius 2 is 1.39 bits per heavy atom. The highest BCUT2D eigenvalue weighted by Gasteiger charge is 1.98. The van der Waals surface area contributed by atoms with E-state index in [1.165, 1.54) is 89.2 Å². The first-order valence-electron chi connectivity index (χ1n) is 12.2. The summed E-state index contributed by atoms with van der Waals surface area (Å²) < 4.78 is 18.9. The molecule has 0 aliphatic heterocycles. The second-order valence-corrected chi connectivity index (χ2v) is 8.41. The maximum Gasteiger partial charge on any atom is 0.123 e. The molecule has 0 bridgehead atoms. The molecule has 0 unspecified atom stereocenters. The van der Waals surface area contributed by atoms with Crippen LogP contribution in [0.4, 0.5) is 4.39 Å². The van der Waals surface area contributed by atoms with Gasteiger partial charge in [0.05, 0.1) is 0 Å². The third kappa shape index (κ3) is 12.3. The Morgan fingerprint density at radius 3 is 2.00 bits per heavy atom. The SMILES string of the molecule is CCCCCCCCCCCCCCN=Cc1ccc(OCc2cccc(F)c2)cc1. The van der Waals surface area contributed by atoms with Gasteiger partial charge in [-0.05, 0) is 53.9 Å². The van der Waals surface area contributed by atoms with Crippen LogP contribution in [-0.4, -0.2) is 12.8 Å². The first kappa shape index (κ1) is 25.1. The lowest BCUT2D eigenvalue weighted by Gasteiger charge is -2.06. The molecule has 0 radical (unpaired) electrons. The lowest BCUT2D eigenvalue weighted by Crippen LogP contribution is -1.96. The van der Waals surface area contributed by atoms with Gasteiger partial charge in [0.2, 0.25) is 0 Å². The fraction of sp³-hybridized carbons (Fsp3) is 0.536. The normalized spacial score (nSPS) is 11.3. The molecule has 31 heavy (non-hydrogen) atoms. The van der Waals surface area contributed by atoms with E-state index in [-0.39, 0.29) is 5.82 Å². The van der Waals surface area contributed by atoms with E-state index in [0.29, 0.717) is 6.61 Å². The number of unbranched alkanes of at least 4 members (excludes halogenated alkanes) is 11. The molecule has 0 N–H and O–H groups in total. The highest BCUT2D eigenvalue weighted by Crippen LogP contribution is 2.15. The van der Waals surface area contributed by atoms with Gasteiger partial charge in [0.15, 0.2) is 0 Å². The second kappa shape index (κ2) is 16.5. The number of ether oxygens (including phenoxy) is 1. The van der Waals surface area contributed by atoms with Crippen LogP contribution in [0.1, 0.15) is 95.1 Å². The quantitative estimate of drug-likeness (QED) is 0.184. The number of benzene rings is 2. The minimum Gasteiger partial charge on any atom is -0.489 e. The van der Waals surface area contributed by atoms with Crippen molar-refractivity contribution in [1.82, 2.24) is 0 Å². The molecule has 0 spiro atoms. The van der Waals surface area contributed by atoms with Crippen molar-refractivity contribution in [3.8, 4) is 5.75 Å². The summed E-state index contributed by atoms with van der Waals surface area (Å²) in [7, 11) is 0. The van der Waals surface area contributed by atoms with Crippen LogP contribution in [0.15, 0.2) is 53.5 Å². The fourth-order valence-electron chi connectivity index (χ4n) is 3.66. The Bertz CT molecular complexity index is 726. The minimum atomic E-state index is -0.235. The molecule has 0 aromatic heterocycles. The van der Waals surface area contributed by atoms with Gasteiger partial charge in [-0.2, -0.15) is 0 Å². The molecule has 0 atom stereocenters. The molecule has 0 saturated heterocycles. The Balaban J connectivity index is 1.47. The third-order valence-electron chi connectivity index (χ3n) is 5.56. The maximum absolute atomic E-state index is 13.2. The molecule has 0 saturated carbocycles.